The highest BCUT2D eigenvalue weighted by molar-refractivity contribution is 5.90. The van der Waals surface area contributed by atoms with E-state index in [1.807, 2.05) is 35.2 Å². The van der Waals surface area contributed by atoms with Crippen molar-refractivity contribution >= 4 is 11.8 Å². The normalized spacial score (nSPS) is 29.0. The van der Waals surface area contributed by atoms with Gasteiger partial charge in [-0.15, -0.1) is 0 Å². The van der Waals surface area contributed by atoms with Crippen molar-refractivity contribution in [2.24, 2.45) is 5.92 Å². The van der Waals surface area contributed by atoms with Gasteiger partial charge in [-0.25, -0.2) is 0 Å². The summed E-state index contributed by atoms with van der Waals surface area (Å²) in [6.45, 7) is 2.73. The van der Waals surface area contributed by atoms with E-state index in [0.717, 1.165) is 18.4 Å². The number of nitrogens with zero attached hydrogens (tertiary/aromatic N) is 1. The van der Waals surface area contributed by atoms with Crippen molar-refractivity contribution in [2.45, 2.75) is 44.7 Å². The van der Waals surface area contributed by atoms with E-state index in [2.05, 4.69) is 12.2 Å². The third-order valence-corrected chi connectivity index (χ3v) is 4.59. The molecule has 1 aliphatic heterocycles. The second kappa shape index (κ2) is 5.88. The van der Waals surface area contributed by atoms with Gasteiger partial charge in [-0.1, -0.05) is 43.7 Å². The molecule has 0 bridgehead atoms. The zero-order valence-electron chi connectivity index (χ0n) is 12.4. The van der Waals surface area contributed by atoms with Gasteiger partial charge in [0, 0.05) is 25.4 Å². The molecular weight excluding hydrogens is 264 g/mol. The largest absolute Gasteiger partial charge is 0.344 e. The van der Waals surface area contributed by atoms with E-state index in [4.69, 9.17) is 0 Å². The van der Waals surface area contributed by atoms with Crippen molar-refractivity contribution in [3.05, 3.63) is 35.9 Å². The summed E-state index contributed by atoms with van der Waals surface area (Å²) in [6, 6.07) is 9.82. The van der Waals surface area contributed by atoms with Crippen LogP contribution in [0.3, 0.4) is 0 Å². The number of amides is 2. The van der Waals surface area contributed by atoms with Crippen molar-refractivity contribution in [2.75, 3.05) is 6.54 Å². The van der Waals surface area contributed by atoms with E-state index in [9.17, 15) is 9.59 Å². The number of carbonyl (C=O) groups excluding carboxylic acids is 2. The van der Waals surface area contributed by atoms with Crippen LogP contribution in [0.25, 0.3) is 0 Å². The molecule has 4 heteroatoms. The maximum absolute atomic E-state index is 12.7. The molecule has 2 amide bonds. The Morgan fingerprint density at radius 2 is 2.00 bits per heavy atom. The van der Waals surface area contributed by atoms with Crippen molar-refractivity contribution < 1.29 is 9.59 Å². The highest BCUT2D eigenvalue weighted by atomic mass is 16.2. The molecule has 1 saturated heterocycles. The first-order chi connectivity index (χ1) is 10.2. The minimum atomic E-state index is -0.416. The third kappa shape index (κ3) is 3.09. The fourth-order valence-electron chi connectivity index (χ4n) is 3.23. The van der Waals surface area contributed by atoms with E-state index < -0.39 is 6.04 Å². The molecule has 0 spiro atoms. The highest BCUT2D eigenvalue weighted by Gasteiger charge is 2.45. The summed E-state index contributed by atoms with van der Waals surface area (Å²) in [6.07, 6.45) is 3.20. The average Bonchev–Trinajstić information content (AvgIpc) is 3.27. The van der Waals surface area contributed by atoms with E-state index >= 15 is 0 Å². The summed E-state index contributed by atoms with van der Waals surface area (Å²) in [5, 5.41) is 2.89. The van der Waals surface area contributed by atoms with E-state index in [-0.39, 0.29) is 11.8 Å². The SMILES string of the molecule is CCC1CC1N1CCC(=O)NC(Cc2ccccc2)C1=O. The number of nitrogens with one attached hydrogen (secondary N) is 1. The number of benzene rings is 1. The number of carbonyl (C=O) groups is 2. The Hall–Kier alpha value is -1.84. The van der Waals surface area contributed by atoms with Gasteiger partial charge in [0.25, 0.3) is 0 Å². The molecule has 3 atom stereocenters. The molecule has 1 saturated carbocycles. The molecule has 2 aliphatic rings. The Morgan fingerprint density at radius 3 is 2.67 bits per heavy atom. The third-order valence-electron chi connectivity index (χ3n) is 4.59. The van der Waals surface area contributed by atoms with Crippen LogP contribution in [-0.4, -0.2) is 35.3 Å². The van der Waals surface area contributed by atoms with Crippen LogP contribution in [0.1, 0.15) is 31.7 Å². The maximum atomic E-state index is 12.7. The van der Waals surface area contributed by atoms with Crippen LogP contribution in [0.2, 0.25) is 0 Å². The van der Waals surface area contributed by atoms with Crippen LogP contribution in [0.15, 0.2) is 30.3 Å². The fraction of sp³-hybridized carbons (Fsp3) is 0.529. The first kappa shape index (κ1) is 14.1. The van der Waals surface area contributed by atoms with Crippen LogP contribution in [0.4, 0.5) is 0 Å². The summed E-state index contributed by atoms with van der Waals surface area (Å²) < 4.78 is 0. The lowest BCUT2D eigenvalue weighted by molar-refractivity contribution is -0.134. The molecule has 0 aromatic heterocycles. The molecule has 1 aromatic carbocycles. The van der Waals surface area contributed by atoms with Gasteiger partial charge >= 0.3 is 0 Å². The second-order valence-corrected chi connectivity index (χ2v) is 6.06. The molecule has 0 radical (unpaired) electrons. The Morgan fingerprint density at radius 1 is 1.24 bits per heavy atom. The smallest absolute Gasteiger partial charge is 0.245 e. The van der Waals surface area contributed by atoms with Crippen molar-refractivity contribution in [3.63, 3.8) is 0 Å². The minimum absolute atomic E-state index is 0.0134. The van der Waals surface area contributed by atoms with Crippen molar-refractivity contribution in [1.82, 2.24) is 10.2 Å². The van der Waals surface area contributed by atoms with Crippen LogP contribution >= 0.6 is 0 Å². The molecule has 1 heterocycles. The lowest BCUT2D eigenvalue weighted by Crippen LogP contribution is -2.47. The molecule has 4 nitrogen and oxygen atoms in total. The molecule has 1 aromatic rings. The number of hydrogen-bond donors (Lipinski definition) is 1. The lowest BCUT2D eigenvalue weighted by Gasteiger charge is -2.24. The molecule has 1 N–H and O–H groups in total. The monoisotopic (exact) mass is 286 g/mol. The van der Waals surface area contributed by atoms with Gasteiger partial charge in [-0.05, 0) is 17.9 Å². The number of hydrogen-bond acceptors (Lipinski definition) is 2. The van der Waals surface area contributed by atoms with Gasteiger partial charge < -0.3 is 10.2 Å². The first-order valence-corrected chi connectivity index (χ1v) is 7.82. The topological polar surface area (TPSA) is 49.4 Å². The second-order valence-electron chi connectivity index (χ2n) is 6.06. The lowest BCUT2D eigenvalue weighted by atomic mass is 10.0. The first-order valence-electron chi connectivity index (χ1n) is 7.82. The summed E-state index contributed by atoms with van der Waals surface area (Å²) in [7, 11) is 0. The van der Waals surface area contributed by atoms with Gasteiger partial charge in [-0.2, -0.15) is 0 Å². The molecule has 112 valence electrons. The molecule has 3 unspecified atom stereocenters. The molecular formula is C17H22N2O2. The van der Waals surface area contributed by atoms with Crippen LogP contribution in [0.5, 0.6) is 0 Å². The maximum Gasteiger partial charge on any atom is 0.245 e. The van der Waals surface area contributed by atoms with Gasteiger partial charge in [0.05, 0.1) is 0 Å². The van der Waals surface area contributed by atoms with Gasteiger partial charge in [0.1, 0.15) is 6.04 Å². The quantitative estimate of drug-likeness (QED) is 0.916. The highest BCUT2D eigenvalue weighted by Crippen LogP contribution is 2.39. The van der Waals surface area contributed by atoms with Crippen LogP contribution in [0, 0.1) is 5.92 Å². The predicted octanol–water partition coefficient (Wildman–Crippen LogP) is 1.74. The van der Waals surface area contributed by atoms with Gasteiger partial charge in [-0.3, -0.25) is 9.59 Å². The summed E-state index contributed by atoms with van der Waals surface area (Å²) in [5.74, 6) is 0.700. The zero-order chi connectivity index (χ0) is 14.8. The van der Waals surface area contributed by atoms with Crippen LogP contribution in [-0.2, 0) is 16.0 Å². The summed E-state index contributed by atoms with van der Waals surface area (Å²) in [4.78, 5) is 26.6. The van der Waals surface area contributed by atoms with Crippen LogP contribution < -0.4 is 5.32 Å². The average molecular weight is 286 g/mol. The Labute approximate surface area is 125 Å². The zero-order valence-corrected chi connectivity index (χ0v) is 12.4. The van der Waals surface area contributed by atoms with Crippen molar-refractivity contribution in [3.8, 4) is 0 Å². The minimum Gasteiger partial charge on any atom is -0.344 e. The van der Waals surface area contributed by atoms with Gasteiger partial charge in [0.2, 0.25) is 11.8 Å². The number of rotatable bonds is 4. The standard InChI is InChI=1S/C17H22N2O2/c1-2-13-11-15(13)19-9-8-16(20)18-14(17(19)21)10-12-6-4-3-5-7-12/h3-7,13-15H,2,8-11H2,1H3,(H,18,20). The molecule has 2 fully saturated rings. The van der Waals surface area contributed by atoms with E-state index in [1.165, 1.54) is 0 Å². The molecule has 21 heavy (non-hydrogen) atoms. The van der Waals surface area contributed by atoms with E-state index in [0.29, 0.717) is 31.3 Å². The Balaban J connectivity index is 1.74. The summed E-state index contributed by atoms with van der Waals surface area (Å²) in [5.41, 5.74) is 1.08. The predicted molar refractivity (Wildman–Crippen MR) is 80.6 cm³/mol. The van der Waals surface area contributed by atoms with Gasteiger partial charge in [0.15, 0.2) is 0 Å². The van der Waals surface area contributed by atoms with Crippen molar-refractivity contribution in [1.29, 1.82) is 0 Å². The summed E-state index contributed by atoms with van der Waals surface area (Å²) >= 11 is 0. The van der Waals surface area contributed by atoms with E-state index in [1.54, 1.807) is 0 Å². The molecule has 1 aliphatic carbocycles. The molecule has 3 rings (SSSR count). The Bertz CT molecular complexity index is 529. The Kier molecular flexibility index (Phi) is 3.95. The fourth-order valence-corrected chi connectivity index (χ4v) is 3.23.